The second kappa shape index (κ2) is 4.62. The first-order valence-corrected chi connectivity index (χ1v) is 7.02. The molecule has 0 amide bonds. The number of rotatable bonds is 1. The molecule has 0 unspecified atom stereocenters. The molecule has 0 fully saturated rings. The second-order valence-corrected chi connectivity index (χ2v) is 5.60. The van der Waals surface area contributed by atoms with Gasteiger partial charge in [-0.3, -0.25) is 0 Å². The summed E-state index contributed by atoms with van der Waals surface area (Å²) in [6.45, 7) is 4.01. The molecule has 0 saturated carbocycles. The molecule has 0 spiro atoms. The number of H-pyrrole nitrogens is 1. The van der Waals surface area contributed by atoms with E-state index in [-0.39, 0.29) is 0 Å². The molecule has 96 valence electrons. The van der Waals surface area contributed by atoms with Gasteiger partial charge in [-0.15, -0.1) is 0 Å². The molecular formula is C14H11BrClN3. The van der Waals surface area contributed by atoms with Gasteiger partial charge in [-0.1, -0.05) is 35.9 Å². The highest BCUT2D eigenvalue weighted by atomic mass is 79.9. The van der Waals surface area contributed by atoms with Gasteiger partial charge in [-0.25, -0.2) is 9.97 Å². The third-order valence-electron chi connectivity index (χ3n) is 3.12. The van der Waals surface area contributed by atoms with Crippen LogP contribution in [-0.4, -0.2) is 15.0 Å². The minimum absolute atomic E-state index is 0.550. The van der Waals surface area contributed by atoms with E-state index in [1.165, 1.54) is 0 Å². The zero-order chi connectivity index (χ0) is 13.6. The SMILES string of the molecule is Cc1ccccc1-c1nc(C)c2c(Br)c(Cl)[nH]c2n1. The van der Waals surface area contributed by atoms with Gasteiger partial charge in [0.25, 0.3) is 0 Å². The first-order chi connectivity index (χ1) is 9.08. The average Bonchev–Trinajstić information content (AvgIpc) is 2.66. The topological polar surface area (TPSA) is 41.6 Å². The molecule has 3 nitrogen and oxygen atoms in total. The highest BCUT2D eigenvalue weighted by molar-refractivity contribution is 9.10. The van der Waals surface area contributed by atoms with Crippen LogP contribution in [-0.2, 0) is 0 Å². The molecule has 0 aliphatic heterocycles. The van der Waals surface area contributed by atoms with Crippen LogP contribution in [0.2, 0.25) is 5.15 Å². The Hall–Kier alpha value is -1.39. The number of nitrogens with one attached hydrogen (secondary N) is 1. The van der Waals surface area contributed by atoms with Crippen LogP contribution in [0.5, 0.6) is 0 Å². The van der Waals surface area contributed by atoms with Crippen molar-refractivity contribution < 1.29 is 0 Å². The molecule has 0 aliphatic carbocycles. The van der Waals surface area contributed by atoms with Crippen molar-refractivity contribution in [3.63, 3.8) is 0 Å². The monoisotopic (exact) mass is 335 g/mol. The van der Waals surface area contributed by atoms with Crippen molar-refractivity contribution in [2.45, 2.75) is 13.8 Å². The third kappa shape index (κ3) is 2.05. The molecule has 2 heterocycles. The molecule has 1 N–H and O–H groups in total. The number of benzene rings is 1. The quantitative estimate of drug-likeness (QED) is 0.702. The lowest BCUT2D eigenvalue weighted by atomic mass is 10.1. The van der Waals surface area contributed by atoms with E-state index in [0.29, 0.717) is 11.0 Å². The maximum absolute atomic E-state index is 6.08. The lowest BCUT2D eigenvalue weighted by Crippen LogP contribution is -1.95. The second-order valence-electron chi connectivity index (χ2n) is 4.42. The molecule has 1 aromatic carbocycles. The Kier molecular flexibility index (Phi) is 3.07. The Bertz CT molecular complexity index is 780. The first-order valence-electron chi connectivity index (χ1n) is 5.85. The average molecular weight is 337 g/mol. The highest BCUT2D eigenvalue weighted by Gasteiger charge is 2.14. The molecule has 3 aromatic rings. The van der Waals surface area contributed by atoms with E-state index >= 15 is 0 Å². The van der Waals surface area contributed by atoms with Crippen molar-refractivity contribution in [1.82, 2.24) is 15.0 Å². The molecular weight excluding hydrogens is 326 g/mol. The fraction of sp³-hybridized carbons (Fsp3) is 0.143. The van der Waals surface area contributed by atoms with Crippen LogP contribution in [0, 0.1) is 13.8 Å². The van der Waals surface area contributed by atoms with Gasteiger partial charge < -0.3 is 4.98 Å². The van der Waals surface area contributed by atoms with E-state index < -0.39 is 0 Å². The van der Waals surface area contributed by atoms with E-state index in [2.05, 4.69) is 43.9 Å². The van der Waals surface area contributed by atoms with Gasteiger partial charge in [-0.05, 0) is 35.3 Å². The summed E-state index contributed by atoms with van der Waals surface area (Å²) in [5, 5.41) is 1.48. The van der Waals surface area contributed by atoms with Crippen molar-refractivity contribution in [2.75, 3.05) is 0 Å². The van der Waals surface area contributed by atoms with Crippen LogP contribution in [0.15, 0.2) is 28.7 Å². The van der Waals surface area contributed by atoms with Gasteiger partial charge in [0.2, 0.25) is 0 Å². The van der Waals surface area contributed by atoms with E-state index in [4.69, 9.17) is 11.6 Å². The Balaban J connectivity index is 2.30. The summed E-state index contributed by atoms with van der Waals surface area (Å²) in [7, 11) is 0. The highest BCUT2D eigenvalue weighted by Crippen LogP contribution is 2.33. The van der Waals surface area contributed by atoms with E-state index in [1.54, 1.807) is 0 Å². The van der Waals surface area contributed by atoms with Crippen molar-refractivity contribution >= 4 is 38.6 Å². The van der Waals surface area contributed by atoms with E-state index in [0.717, 1.165) is 32.3 Å². The van der Waals surface area contributed by atoms with Crippen LogP contribution in [0.25, 0.3) is 22.4 Å². The Morgan fingerprint density at radius 2 is 1.89 bits per heavy atom. The van der Waals surface area contributed by atoms with Crippen LogP contribution in [0.4, 0.5) is 0 Å². The maximum atomic E-state index is 6.08. The lowest BCUT2D eigenvalue weighted by Gasteiger charge is -2.05. The molecule has 0 aliphatic rings. The number of nitrogens with zero attached hydrogens (tertiary/aromatic N) is 2. The molecule has 19 heavy (non-hydrogen) atoms. The standard InChI is InChI=1S/C14H11BrClN3/c1-7-5-3-4-6-9(7)13-17-8(2)10-11(15)12(16)18-14(10)19-13/h3-6H,1-2H3,(H,17,18,19). The zero-order valence-corrected chi connectivity index (χ0v) is 12.8. The van der Waals surface area contributed by atoms with Crippen molar-refractivity contribution in [3.8, 4) is 11.4 Å². The normalized spacial score (nSPS) is 11.2. The number of aromatic nitrogens is 3. The van der Waals surface area contributed by atoms with E-state index in [1.807, 2.05) is 25.1 Å². The molecule has 3 rings (SSSR count). The van der Waals surface area contributed by atoms with Gasteiger partial charge >= 0.3 is 0 Å². The van der Waals surface area contributed by atoms with Gasteiger partial charge in [0.1, 0.15) is 10.8 Å². The summed E-state index contributed by atoms with van der Waals surface area (Å²) in [6.07, 6.45) is 0. The van der Waals surface area contributed by atoms with Crippen LogP contribution >= 0.6 is 27.5 Å². The molecule has 5 heteroatoms. The largest absolute Gasteiger partial charge is 0.329 e. The predicted octanol–water partition coefficient (Wildman–Crippen LogP) is 4.66. The van der Waals surface area contributed by atoms with Gasteiger partial charge in [-0.2, -0.15) is 0 Å². The van der Waals surface area contributed by atoms with Gasteiger partial charge in [0, 0.05) is 5.56 Å². The van der Waals surface area contributed by atoms with Gasteiger partial charge in [0.05, 0.1) is 15.6 Å². The lowest BCUT2D eigenvalue weighted by molar-refractivity contribution is 1.14. The molecule has 0 bridgehead atoms. The summed E-state index contributed by atoms with van der Waals surface area (Å²) in [4.78, 5) is 12.2. The Morgan fingerprint density at radius 3 is 2.63 bits per heavy atom. The number of aromatic amines is 1. The number of hydrogen-bond acceptors (Lipinski definition) is 2. The fourth-order valence-corrected chi connectivity index (χ4v) is 2.90. The Labute approximate surface area is 124 Å². The number of halogens is 2. The minimum atomic E-state index is 0.550. The molecule has 0 saturated heterocycles. The number of hydrogen-bond donors (Lipinski definition) is 1. The maximum Gasteiger partial charge on any atom is 0.162 e. The predicted molar refractivity (Wildman–Crippen MR) is 81.5 cm³/mol. The van der Waals surface area contributed by atoms with Crippen LogP contribution < -0.4 is 0 Å². The fourth-order valence-electron chi connectivity index (χ4n) is 2.14. The summed E-state index contributed by atoms with van der Waals surface area (Å²) in [5.41, 5.74) is 3.84. The number of aryl methyl sites for hydroxylation is 2. The summed E-state index contributed by atoms with van der Waals surface area (Å²) in [6, 6.07) is 8.07. The molecule has 0 atom stereocenters. The Morgan fingerprint density at radius 1 is 1.16 bits per heavy atom. The van der Waals surface area contributed by atoms with Crippen molar-refractivity contribution in [3.05, 3.63) is 45.1 Å². The number of fused-ring (bicyclic) bond motifs is 1. The summed E-state index contributed by atoms with van der Waals surface area (Å²) < 4.78 is 0.818. The van der Waals surface area contributed by atoms with Crippen molar-refractivity contribution in [1.29, 1.82) is 0 Å². The van der Waals surface area contributed by atoms with Crippen LogP contribution in [0.3, 0.4) is 0 Å². The van der Waals surface area contributed by atoms with Gasteiger partial charge in [0.15, 0.2) is 5.82 Å². The van der Waals surface area contributed by atoms with E-state index in [9.17, 15) is 0 Å². The van der Waals surface area contributed by atoms with Crippen LogP contribution in [0.1, 0.15) is 11.3 Å². The smallest absolute Gasteiger partial charge is 0.162 e. The van der Waals surface area contributed by atoms with Crippen molar-refractivity contribution in [2.24, 2.45) is 0 Å². The summed E-state index contributed by atoms with van der Waals surface area (Å²) in [5.74, 6) is 0.716. The molecule has 0 radical (unpaired) electrons. The molecule has 2 aromatic heterocycles. The third-order valence-corrected chi connectivity index (χ3v) is 4.42. The minimum Gasteiger partial charge on any atom is -0.329 e. The summed E-state index contributed by atoms with van der Waals surface area (Å²) >= 11 is 9.54. The first kappa shape index (κ1) is 12.6. The zero-order valence-electron chi connectivity index (χ0n) is 10.5.